The molecule has 0 aliphatic heterocycles. The highest BCUT2D eigenvalue weighted by atomic mass is 16.4. The third kappa shape index (κ3) is 2.59. The third-order valence-electron chi connectivity index (χ3n) is 1.85. The minimum Gasteiger partial charge on any atom is -0.431 e. The molecule has 0 radical (unpaired) electrons. The molecule has 0 N–H and O–H groups in total. The van der Waals surface area contributed by atoms with E-state index >= 15 is 0 Å². The Morgan fingerprint density at radius 2 is 2.40 bits per heavy atom. The molecule has 0 aliphatic rings. The molecular weight excluding hydrogens is 192 g/mol. The van der Waals surface area contributed by atoms with Crippen molar-refractivity contribution >= 4 is 11.9 Å². The highest BCUT2D eigenvalue weighted by molar-refractivity contribution is 5.93. The smallest absolute Gasteiger partial charge is 0.305 e. The van der Waals surface area contributed by atoms with Gasteiger partial charge in [0.05, 0.1) is 12.2 Å². The van der Waals surface area contributed by atoms with Gasteiger partial charge in [0.15, 0.2) is 0 Å². The predicted octanol–water partition coefficient (Wildman–Crippen LogP) is 1.61. The highest BCUT2D eigenvalue weighted by Gasteiger charge is 2.21. The normalized spacial score (nSPS) is 10.1. The van der Waals surface area contributed by atoms with Crippen LogP contribution in [0.5, 0.6) is 0 Å². The van der Waals surface area contributed by atoms with Crippen molar-refractivity contribution in [2.45, 2.75) is 20.8 Å². The maximum atomic E-state index is 11.8. The van der Waals surface area contributed by atoms with Gasteiger partial charge in [-0.25, -0.2) is 0 Å². The lowest BCUT2D eigenvalue weighted by Crippen LogP contribution is -2.34. The molecule has 4 heteroatoms. The van der Waals surface area contributed by atoms with E-state index in [0.29, 0.717) is 0 Å². The molecule has 0 saturated heterocycles. The average molecular weight is 206 g/mol. The molecule has 0 aliphatic carbocycles. The van der Waals surface area contributed by atoms with E-state index in [4.69, 9.17) is 10.8 Å². The Labute approximate surface area is 89.3 Å². The summed E-state index contributed by atoms with van der Waals surface area (Å²) in [4.78, 5) is 17.2. The molecule has 0 aromatic carbocycles. The van der Waals surface area contributed by atoms with Crippen LogP contribution in [0.2, 0.25) is 0 Å². The van der Waals surface area contributed by atoms with Crippen molar-refractivity contribution in [3.05, 3.63) is 12.0 Å². The standard InChI is InChI=1S/C11H14N2O2/c1-5-6-13(10(14)8(2)3)11-12-9(4)7-15-11/h1,7-8H,6H2,2-4H3. The topological polar surface area (TPSA) is 46.3 Å². The number of carbonyl (C=O) groups is 1. The fourth-order valence-corrected chi connectivity index (χ4v) is 1.11. The van der Waals surface area contributed by atoms with Crippen molar-refractivity contribution in [3.8, 4) is 12.3 Å². The number of amides is 1. The molecule has 0 fully saturated rings. The van der Waals surface area contributed by atoms with Crippen molar-refractivity contribution in [2.75, 3.05) is 11.4 Å². The van der Waals surface area contributed by atoms with Gasteiger partial charge in [-0.3, -0.25) is 9.69 Å². The zero-order valence-corrected chi connectivity index (χ0v) is 9.15. The van der Waals surface area contributed by atoms with Crippen molar-refractivity contribution in [1.82, 2.24) is 4.98 Å². The maximum absolute atomic E-state index is 11.8. The Bertz CT molecular complexity index is 388. The molecule has 1 rings (SSSR count). The fourth-order valence-electron chi connectivity index (χ4n) is 1.11. The van der Waals surface area contributed by atoms with Crippen LogP contribution in [0.15, 0.2) is 10.7 Å². The Morgan fingerprint density at radius 1 is 1.73 bits per heavy atom. The van der Waals surface area contributed by atoms with Crippen LogP contribution in [0, 0.1) is 25.2 Å². The lowest BCUT2D eigenvalue weighted by Gasteiger charge is -2.17. The van der Waals surface area contributed by atoms with Crippen LogP contribution >= 0.6 is 0 Å². The van der Waals surface area contributed by atoms with Gasteiger partial charge < -0.3 is 4.42 Å². The van der Waals surface area contributed by atoms with Crippen LogP contribution in [0.1, 0.15) is 19.5 Å². The SMILES string of the molecule is C#CCN(C(=O)C(C)C)c1nc(C)co1. The van der Waals surface area contributed by atoms with Crippen LogP contribution < -0.4 is 4.90 Å². The molecule has 80 valence electrons. The molecule has 0 spiro atoms. The summed E-state index contributed by atoms with van der Waals surface area (Å²) in [6, 6.07) is 0.268. The van der Waals surface area contributed by atoms with Gasteiger partial charge in [-0.15, -0.1) is 6.42 Å². The van der Waals surface area contributed by atoms with Crippen LogP contribution in [-0.2, 0) is 4.79 Å². The summed E-state index contributed by atoms with van der Waals surface area (Å²) in [5.74, 6) is 2.19. The number of hydrogen-bond acceptors (Lipinski definition) is 3. The number of hydrogen-bond donors (Lipinski definition) is 0. The van der Waals surface area contributed by atoms with Crippen LogP contribution in [0.4, 0.5) is 6.01 Å². The van der Waals surface area contributed by atoms with E-state index in [9.17, 15) is 4.79 Å². The van der Waals surface area contributed by atoms with Gasteiger partial charge in [-0.05, 0) is 6.92 Å². The minimum absolute atomic E-state index is 0.0881. The number of oxazole rings is 1. The van der Waals surface area contributed by atoms with E-state index in [0.717, 1.165) is 5.69 Å². The Balaban J connectivity index is 2.93. The van der Waals surface area contributed by atoms with Crippen molar-refractivity contribution in [3.63, 3.8) is 0 Å². The van der Waals surface area contributed by atoms with E-state index in [1.165, 1.54) is 11.2 Å². The Morgan fingerprint density at radius 3 is 2.80 bits per heavy atom. The monoisotopic (exact) mass is 206 g/mol. The summed E-state index contributed by atoms with van der Waals surface area (Å²) >= 11 is 0. The van der Waals surface area contributed by atoms with E-state index in [1.807, 2.05) is 13.8 Å². The van der Waals surface area contributed by atoms with Gasteiger partial charge >= 0.3 is 6.01 Å². The maximum Gasteiger partial charge on any atom is 0.305 e. The van der Waals surface area contributed by atoms with Gasteiger partial charge in [0, 0.05) is 5.92 Å². The number of nitrogens with zero attached hydrogens (tertiary/aromatic N) is 2. The zero-order chi connectivity index (χ0) is 11.4. The lowest BCUT2D eigenvalue weighted by molar-refractivity contribution is -0.121. The summed E-state index contributed by atoms with van der Waals surface area (Å²) in [7, 11) is 0. The first-order valence-corrected chi connectivity index (χ1v) is 4.73. The van der Waals surface area contributed by atoms with E-state index < -0.39 is 0 Å². The molecule has 1 aromatic heterocycles. The van der Waals surface area contributed by atoms with E-state index in [1.54, 1.807) is 6.92 Å². The first-order chi connectivity index (χ1) is 7.06. The van der Waals surface area contributed by atoms with Gasteiger partial charge in [-0.1, -0.05) is 19.8 Å². The van der Waals surface area contributed by atoms with Crippen molar-refractivity contribution in [1.29, 1.82) is 0 Å². The zero-order valence-electron chi connectivity index (χ0n) is 9.15. The number of terminal acetylenes is 1. The number of aryl methyl sites for hydroxylation is 1. The van der Waals surface area contributed by atoms with Gasteiger partial charge in [0.25, 0.3) is 0 Å². The summed E-state index contributed by atoms with van der Waals surface area (Å²) in [5.41, 5.74) is 0.726. The fraction of sp³-hybridized carbons (Fsp3) is 0.455. The first-order valence-electron chi connectivity index (χ1n) is 4.73. The number of anilines is 1. The molecule has 0 bridgehead atoms. The number of rotatable bonds is 3. The largest absolute Gasteiger partial charge is 0.431 e. The van der Waals surface area contributed by atoms with Gasteiger partial charge in [-0.2, -0.15) is 4.98 Å². The Kier molecular flexibility index (Phi) is 3.51. The second kappa shape index (κ2) is 4.65. The Hall–Kier alpha value is -1.76. The first kappa shape index (κ1) is 11.3. The molecule has 1 amide bonds. The molecule has 0 unspecified atom stereocenters. The lowest BCUT2D eigenvalue weighted by atomic mass is 10.2. The van der Waals surface area contributed by atoms with Gasteiger partial charge in [0.2, 0.25) is 5.91 Å². The summed E-state index contributed by atoms with van der Waals surface area (Å²) in [6.45, 7) is 5.58. The predicted molar refractivity (Wildman–Crippen MR) is 57.3 cm³/mol. The molecular formula is C11H14N2O2. The third-order valence-corrected chi connectivity index (χ3v) is 1.85. The number of aromatic nitrogens is 1. The van der Waals surface area contributed by atoms with E-state index in [2.05, 4.69) is 10.9 Å². The second-order valence-electron chi connectivity index (χ2n) is 3.55. The van der Waals surface area contributed by atoms with Crippen LogP contribution in [-0.4, -0.2) is 17.4 Å². The summed E-state index contributed by atoms with van der Waals surface area (Å²) in [5, 5.41) is 0. The molecule has 0 atom stereocenters. The second-order valence-corrected chi connectivity index (χ2v) is 3.55. The summed E-state index contributed by atoms with van der Waals surface area (Å²) in [6.07, 6.45) is 6.69. The van der Waals surface area contributed by atoms with E-state index in [-0.39, 0.29) is 24.4 Å². The molecule has 0 saturated carbocycles. The molecule has 1 aromatic rings. The molecule has 15 heavy (non-hydrogen) atoms. The van der Waals surface area contributed by atoms with Crippen LogP contribution in [0.25, 0.3) is 0 Å². The van der Waals surface area contributed by atoms with Crippen molar-refractivity contribution < 1.29 is 9.21 Å². The van der Waals surface area contributed by atoms with Gasteiger partial charge in [0.1, 0.15) is 6.26 Å². The summed E-state index contributed by atoms with van der Waals surface area (Å²) < 4.78 is 5.15. The highest BCUT2D eigenvalue weighted by Crippen LogP contribution is 2.15. The minimum atomic E-state index is -0.134. The van der Waals surface area contributed by atoms with Crippen LogP contribution in [0.3, 0.4) is 0 Å². The molecule has 1 heterocycles. The number of carbonyl (C=O) groups excluding carboxylic acids is 1. The average Bonchev–Trinajstić information content (AvgIpc) is 2.60. The molecule has 4 nitrogen and oxygen atoms in total. The quantitative estimate of drug-likeness (QED) is 0.706. The van der Waals surface area contributed by atoms with Crippen molar-refractivity contribution in [2.24, 2.45) is 5.92 Å².